The SMILES string of the molecule is CC/C=C\C/C=C\C/C=C\C/C=C\C/C=C\C/C=C\CCCCC(=O)OC1CCC2(C)C(=CCC3C2CCC2(C)C(C(C)/C=C/C(CC)C(C)C)CCC32)C1. The molecule has 0 bridgehead atoms. The summed E-state index contributed by atoms with van der Waals surface area (Å²) >= 11 is 0. The predicted molar refractivity (Wildman–Crippen MR) is 239 cm³/mol. The number of rotatable bonds is 22. The van der Waals surface area contributed by atoms with Gasteiger partial charge in [0.25, 0.3) is 0 Å². The molecule has 0 spiro atoms. The van der Waals surface area contributed by atoms with Gasteiger partial charge in [0.05, 0.1) is 0 Å². The molecule has 3 saturated carbocycles. The summed E-state index contributed by atoms with van der Waals surface area (Å²) in [4.78, 5) is 12.9. The number of unbranched alkanes of at least 4 members (excludes halogenated alkanes) is 2. The van der Waals surface area contributed by atoms with Crippen LogP contribution in [0.25, 0.3) is 0 Å². The Labute approximate surface area is 339 Å². The summed E-state index contributed by atoms with van der Waals surface area (Å²) in [5, 5.41) is 0. The normalized spacial score (nSPS) is 31.1. The average Bonchev–Trinajstić information content (AvgIpc) is 3.53. The minimum absolute atomic E-state index is 0.0119. The van der Waals surface area contributed by atoms with Gasteiger partial charge in [0.2, 0.25) is 0 Å². The fourth-order valence-corrected chi connectivity index (χ4v) is 11.3. The van der Waals surface area contributed by atoms with E-state index >= 15 is 0 Å². The molecule has 0 aromatic rings. The fraction of sp³-hybridized carbons (Fsp3) is 0.679. The van der Waals surface area contributed by atoms with Gasteiger partial charge in [-0.25, -0.2) is 0 Å². The quantitative estimate of drug-likeness (QED) is 0.0626. The molecule has 4 aliphatic rings. The highest BCUT2D eigenvalue weighted by Gasteiger charge is 2.59. The number of carbonyl (C=O) groups is 1. The van der Waals surface area contributed by atoms with E-state index in [2.05, 4.69) is 140 Å². The first-order valence-corrected chi connectivity index (χ1v) is 23.1. The van der Waals surface area contributed by atoms with Gasteiger partial charge in [-0.15, -0.1) is 0 Å². The molecule has 0 radical (unpaired) electrons. The van der Waals surface area contributed by atoms with Crippen LogP contribution in [0, 0.1) is 52.3 Å². The van der Waals surface area contributed by atoms with Crippen molar-refractivity contribution in [3.05, 3.63) is 96.7 Å². The van der Waals surface area contributed by atoms with Crippen molar-refractivity contribution in [2.45, 2.75) is 177 Å². The number of hydrogen-bond donors (Lipinski definition) is 0. The van der Waals surface area contributed by atoms with Crippen molar-refractivity contribution < 1.29 is 9.53 Å². The van der Waals surface area contributed by atoms with Gasteiger partial charge < -0.3 is 4.74 Å². The number of carbonyl (C=O) groups excluding carboxylic acids is 1. The molecule has 0 aromatic carbocycles. The van der Waals surface area contributed by atoms with Crippen molar-refractivity contribution in [1.82, 2.24) is 0 Å². The van der Waals surface area contributed by atoms with Gasteiger partial charge in [-0.05, 0) is 161 Å². The molecule has 0 aromatic heterocycles. The summed E-state index contributed by atoms with van der Waals surface area (Å²) in [6.07, 6.45) is 55.7. The van der Waals surface area contributed by atoms with E-state index in [1.165, 1.54) is 44.9 Å². The predicted octanol–water partition coefficient (Wildman–Crippen LogP) is 15.6. The molecule has 306 valence electrons. The molecular formula is C53H82O2. The van der Waals surface area contributed by atoms with Crippen LogP contribution in [0.1, 0.15) is 170 Å². The Morgan fingerprint density at radius 3 is 1.96 bits per heavy atom. The third-order valence-corrected chi connectivity index (χ3v) is 14.7. The second kappa shape index (κ2) is 23.6. The third-order valence-electron chi connectivity index (χ3n) is 14.7. The maximum absolute atomic E-state index is 12.9. The van der Waals surface area contributed by atoms with Crippen molar-refractivity contribution in [3.63, 3.8) is 0 Å². The number of ether oxygens (including phenoxy) is 1. The average molecular weight is 751 g/mol. The molecule has 2 heteroatoms. The second-order valence-corrected chi connectivity index (χ2v) is 18.6. The Morgan fingerprint density at radius 2 is 1.36 bits per heavy atom. The van der Waals surface area contributed by atoms with E-state index in [4.69, 9.17) is 4.74 Å². The standard InChI is InChI=1S/C53H82O2/c1-8-10-11-12-13-14-15-16-17-18-19-20-21-22-23-24-25-26-27-28-29-30-51(54)55-46-37-39-52(6)45(41-46)33-34-47-49-36-35-48(53(49,7)40-38-50(47)52)43(5)31-32-44(9-2)42(3)4/h10-11,13-14,16-17,19-20,22-23,25-26,31-33,42-44,46-50H,8-9,12,15,18,21,24,27-30,34-41H2,1-7H3/b11-10-,14-13-,17-16-,20-19-,23-22-,26-25-,32-31+. The number of esters is 1. The topological polar surface area (TPSA) is 26.3 Å². The number of fused-ring (bicyclic) bond motifs is 5. The van der Waals surface area contributed by atoms with Gasteiger partial charge >= 0.3 is 5.97 Å². The highest BCUT2D eigenvalue weighted by Crippen LogP contribution is 2.67. The fourth-order valence-electron chi connectivity index (χ4n) is 11.3. The second-order valence-electron chi connectivity index (χ2n) is 18.6. The minimum atomic E-state index is 0.0119. The Hall–Kier alpha value is -2.61. The van der Waals surface area contributed by atoms with E-state index in [1.807, 2.05) is 0 Å². The maximum atomic E-state index is 12.9. The monoisotopic (exact) mass is 751 g/mol. The van der Waals surface area contributed by atoms with Crippen LogP contribution in [-0.4, -0.2) is 12.1 Å². The van der Waals surface area contributed by atoms with Gasteiger partial charge in [-0.2, -0.15) is 0 Å². The van der Waals surface area contributed by atoms with Crippen LogP contribution >= 0.6 is 0 Å². The first-order chi connectivity index (χ1) is 26.6. The molecule has 2 nitrogen and oxygen atoms in total. The van der Waals surface area contributed by atoms with E-state index in [0.717, 1.165) is 100 Å². The summed E-state index contributed by atoms with van der Waals surface area (Å²) < 4.78 is 6.13. The Balaban J connectivity index is 1.10. The largest absolute Gasteiger partial charge is 0.462 e. The minimum Gasteiger partial charge on any atom is -0.462 e. The molecule has 0 amide bonds. The van der Waals surface area contributed by atoms with Gasteiger partial charge in [-0.1, -0.05) is 145 Å². The molecule has 3 fully saturated rings. The number of hydrogen-bond acceptors (Lipinski definition) is 2. The molecular weight excluding hydrogens is 669 g/mol. The zero-order chi connectivity index (χ0) is 39.5. The van der Waals surface area contributed by atoms with E-state index < -0.39 is 0 Å². The van der Waals surface area contributed by atoms with Gasteiger partial charge in [0, 0.05) is 12.8 Å². The molecule has 4 rings (SSSR count). The van der Waals surface area contributed by atoms with Crippen LogP contribution in [0.15, 0.2) is 96.7 Å². The maximum Gasteiger partial charge on any atom is 0.306 e. The molecule has 0 N–H and O–H groups in total. The van der Waals surface area contributed by atoms with E-state index in [-0.39, 0.29) is 12.1 Å². The van der Waals surface area contributed by atoms with Crippen LogP contribution < -0.4 is 0 Å². The molecule has 0 heterocycles. The first-order valence-electron chi connectivity index (χ1n) is 23.1. The van der Waals surface area contributed by atoms with E-state index in [0.29, 0.717) is 29.1 Å². The van der Waals surface area contributed by atoms with Crippen LogP contribution in [-0.2, 0) is 9.53 Å². The lowest BCUT2D eigenvalue weighted by Crippen LogP contribution is -2.51. The summed E-state index contributed by atoms with van der Waals surface area (Å²) in [6, 6.07) is 0. The smallest absolute Gasteiger partial charge is 0.306 e. The summed E-state index contributed by atoms with van der Waals surface area (Å²) in [7, 11) is 0. The lowest BCUT2D eigenvalue weighted by atomic mass is 9.47. The van der Waals surface area contributed by atoms with Gasteiger partial charge in [0.1, 0.15) is 6.10 Å². The van der Waals surface area contributed by atoms with Crippen LogP contribution in [0.3, 0.4) is 0 Å². The van der Waals surface area contributed by atoms with Gasteiger partial charge in [0.15, 0.2) is 0 Å². The van der Waals surface area contributed by atoms with E-state index in [9.17, 15) is 4.79 Å². The Kier molecular flexibility index (Phi) is 19.3. The molecule has 9 atom stereocenters. The van der Waals surface area contributed by atoms with Crippen molar-refractivity contribution in [1.29, 1.82) is 0 Å². The van der Waals surface area contributed by atoms with Crippen molar-refractivity contribution in [3.8, 4) is 0 Å². The zero-order valence-corrected chi connectivity index (χ0v) is 36.5. The summed E-state index contributed by atoms with van der Waals surface area (Å²) in [5.41, 5.74) is 2.39. The highest BCUT2D eigenvalue weighted by molar-refractivity contribution is 5.69. The summed E-state index contributed by atoms with van der Waals surface area (Å²) in [5.74, 6) is 5.42. The molecule has 0 saturated heterocycles. The first kappa shape index (κ1) is 45.1. The van der Waals surface area contributed by atoms with Crippen LogP contribution in [0.2, 0.25) is 0 Å². The van der Waals surface area contributed by atoms with Crippen molar-refractivity contribution in [2.24, 2.45) is 52.3 Å². The van der Waals surface area contributed by atoms with Crippen LogP contribution in [0.4, 0.5) is 0 Å². The lowest BCUT2D eigenvalue weighted by Gasteiger charge is -2.58. The van der Waals surface area contributed by atoms with Crippen molar-refractivity contribution in [2.75, 3.05) is 0 Å². The van der Waals surface area contributed by atoms with Gasteiger partial charge in [-0.3, -0.25) is 4.79 Å². The Bertz CT molecular complexity index is 1380. The molecule has 4 aliphatic carbocycles. The highest BCUT2D eigenvalue weighted by atomic mass is 16.5. The third kappa shape index (κ3) is 13.2. The van der Waals surface area contributed by atoms with E-state index in [1.54, 1.807) is 5.57 Å². The number of allylic oxidation sites excluding steroid dienone is 15. The zero-order valence-electron chi connectivity index (χ0n) is 36.5. The molecule has 9 unspecified atom stereocenters. The summed E-state index contributed by atoms with van der Waals surface area (Å²) in [6.45, 7) is 17.0. The van der Waals surface area contributed by atoms with Crippen molar-refractivity contribution >= 4 is 5.97 Å². The Morgan fingerprint density at radius 1 is 0.745 bits per heavy atom. The lowest BCUT2D eigenvalue weighted by molar-refractivity contribution is -0.151. The molecule has 0 aliphatic heterocycles. The van der Waals surface area contributed by atoms with Crippen LogP contribution in [0.5, 0.6) is 0 Å². The molecule has 55 heavy (non-hydrogen) atoms.